The van der Waals surface area contributed by atoms with E-state index in [9.17, 15) is 0 Å². The van der Waals surface area contributed by atoms with Crippen LogP contribution in [0.2, 0.25) is 0 Å². The van der Waals surface area contributed by atoms with Gasteiger partial charge in [-0.25, -0.2) is 0 Å². The number of thiophene rings is 1. The molecule has 0 spiro atoms. The van der Waals surface area contributed by atoms with E-state index in [-0.39, 0.29) is 5.41 Å². The van der Waals surface area contributed by atoms with Crippen molar-refractivity contribution in [3.05, 3.63) is 29.3 Å². The first-order valence-electron chi connectivity index (χ1n) is 7.41. The maximum Gasteiger partial charge on any atom is 0.226 e. The van der Waals surface area contributed by atoms with Gasteiger partial charge >= 0.3 is 0 Å². The summed E-state index contributed by atoms with van der Waals surface area (Å²) in [6, 6.07) is 4.08. The van der Waals surface area contributed by atoms with Crippen molar-refractivity contribution >= 4 is 23.1 Å². The molecule has 0 amide bonds. The molecule has 0 saturated heterocycles. The first-order chi connectivity index (χ1) is 11.0. The molecule has 23 heavy (non-hydrogen) atoms. The van der Waals surface area contributed by atoms with E-state index in [2.05, 4.69) is 58.7 Å². The van der Waals surface area contributed by atoms with Crippen LogP contribution in [-0.2, 0) is 17.7 Å². The highest BCUT2D eigenvalue weighted by atomic mass is 32.2. The van der Waals surface area contributed by atoms with E-state index in [4.69, 9.17) is 4.42 Å². The van der Waals surface area contributed by atoms with Crippen molar-refractivity contribution < 1.29 is 4.42 Å². The Kier molecular flexibility index (Phi) is 4.54. The average molecular weight is 349 g/mol. The molecule has 0 radical (unpaired) electrons. The normalized spacial score (nSPS) is 12.0. The Morgan fingerprint density at radius 3 is 2.65 bits per heavy atom. The molecule has 3 aromatic heterocycles. The van der Waals surface area contributed by atoms with Crippen LogP contribution in [0, 0.1) is 0 Å². The van der Waals surface area contributed by atoms with Gasteiger partial charge in [0.05, 0.1) is 10.6 Å². The van der Waals surface area contributed by atoms with E-state index in [0.717, 1.165) is 22.4 Å². The van der Waals surface area contributed by atoms with Crippen molar-refractivity contribution in [1.29, 1.82) is 0 Å². The average Bonchev–Trinajstić information content (AvgIpc) is 3.23. The highest BCUT2D eigenvalue weighted by Crippen LogP contribution is 2.29. The summed E-state index contributed by atoms with van der Waals surface area (Å²) in [6.45, 7) is 9.07. The zero-order valence-electron chi connectivity index (χ0n) is 13.6. The molecule has 0 N–H and O–H groups in total. The third kappa shape index (κ3) is 3.48. The minimum absolute atomic E-state index is 0.133. The van der Waals surface area contributed by atoms with Gasteiger partial charge in [0.2, 0.25) is 11.8 Å². The number of hydrogen-bond acceptors (Lipinski definition) is 7. The standard InChI is InChI=1S/C15H19N5OS2/c1-5-20-12(10-7-6-8-22-10)17-19-14(20)23-9-11-16-18-13(21-11)15(2,3)4/h6-8H,5,9H2,1-4H3. The molecule has 0 fully saturated rings. The highest BCUT2D eigenvalue weighted by molar-refractivity contribution is 7.98. The predicted molar refractivity (Wildman–Crippen MR) is 91.6 cm³/mol. The van der Waals surface area contributed by atoms with Gasteiger partial charge in [-0.15, -0.1) is 31.7 Å². The molecule has 3 heterocycles. The number of rotatable bonds is 5. The summed E-state index contributed by atoms with van der Waals surface area (Å²) in [5.74, 6) is 2.77. The molecule has 0 atom stereocenters. The number of thioether (sulfide) groups is 1. The second-order valence-electron chi connectivity index (χ2n) is 6.07. The van der Waals surface area contributed by atoms with Crippen molar-refractivity contribution in [1.82, 2.24) is 25.0 Å². The molecule has 0 aromatic carbocycles. The maximum absolute atomic E-state index is 5.72. The zero-order chi connectivity index (χ0) is 16.4. The van der Waals surface area contributed by atoms with Crippen molar-refractivity contribution in [2.75, 3.05) is 0 Å². The van der Waals surface area contributed by atoms with Gasteiger partial charge < -0.3 is 8.98 Å². The smallest absolute Gasteiger partial charge is 0.226 e. The Morgan fingerprint density at radius 1 is 1.22 bits per heavy atom. The molecule has 0 aliphatic heterocycles. The van der Waals surface area contributed by atoms with Gasteiger partial charge in [-0.05, 0) is 18.4 Å². The summed E-state index contributed by atoms with van der Waals surface area (Å²) >= 11 is 3.23. The predicted octanol–water partition coefficient (Wildman–Crippen LogP) is 4.00. The summed E-state index contributed by atoms with van der Waals surface area (Å²) in [5.41, 5.74) is -0.133. The fraction of sp³-hybridized carbons (Fsp3) is 0.467. The molecule has 0 bridgehead atoms. The Hall–Kier alpha value is -1.67. The Bertz CT molecular complexity index is 770. The molecule has 3 aromatic rings. The number of nitrogens with zero attached hydrogens (tertiary/aromatic N) is 5. The summed E-state index contributed by atoms with van der Waals surface area (Å²) < 4.78 is 7.83. The zero-order valence-corrected chi connectivity index (χ0v) is 15.2. The Morgan fingerprint density at radius 2 is 2.04 bits per heavy atom. The molecule has 6 nitrogen and oxygen atoms in total. The molecule has 122 valence electrons. The fourth-order valence-corrected chi connectivity index (χ4v) is 3.57. The van der Waals surface area contributed by atoms with Crippen LogP contribution in [0.5, 0.6) is 0 Å². The molecular weight excluding hydrogens is 330 g/mol. The lowest BCUT2D eigenvalue weighted by Crippen LogP contribution is -2.11. The van der Waals surface area contributed by atoms with E-state index in [1.54, 1.807) is 23.1 Å². The van der Waals surface area contributed by atoms with Crippen LogP contribution in [0.15, 0.2) is 27.1 Å². The highest BCUT2D eigenvalue weighted by Gasteiger charge is 2.22. The van der Waals surface area contributed by atoms with Gasteiger partial charge in [-0.1, -0.05) is 38.6 Å². The van der Waals surface area contributed by atoms with Crippen LogP contribution < -0.4 is 0 Å². The first kappa shape index (κ1) is 16.2. The van der Waals surface area contributed by atoms with Gasteiger partial charge in [0.1, 0.15) is 0 Å². The molecule has 0 aliphatic rings. The van der Waals surface area contributed by atoms with Crippen molar-refractivity contribution in [2.24, 2.45) is 0 Å². The van der Waals surface area contributed by atoms with Crippen LogP contribution in [-0.4, -0.2) is 25.0 Å². The molecule has 8 heteroatoms. The third-order valence-electron chi connectivity index (χ3n) is 3.21. The number of aromatic nitrogens is 5. The van der Waals surface area contributed by atoms with Gasteiger partial charge in [-0.2, -0.15) is 0 Å². The second kappa shape index (κ2) is 6.45. The summed E-state index contributed by atoms with van der Waals surface area (Å²) in [7, 11) is 0. The van der Waals surface area contributed by atoms with E-state index < -0.39 is 0 Å². The van der Waals surface area contributed by atoms with Gasteiger partial charge in [0, 0.05) is 12.0 Å². The lowest BCUT2D eigenvalue weighted by atomic mass is 9.97. The largest absolute Gasteiger partial charge is 0.424 e. The van der Waals surface area contributed by atoms with Crippen LogP contribution in [0.1, 0.15) is 39.5 Å². The SMILES string of the molecule is CCn1c(SCc2nnc(C(C)(C)C)o2)nnc1-c1cccs1. The quantitative estimate of drug-likeness (QED) is 0.649. The minimum Gasteiger partial charge on any atom is -0.424 e. The molecular formula is C15H19N5OS2. The molecule has 3 rings (SSSR count). The summed E-state index contributed by atoms with van der Waals surface area (Å²) in [5, 5.41) is 19.8. The topological polar surface area (TPSA) is 69.6 Å². The van der Waals surface area contributed by atoms with Crippen molar-refractivity contribution in [3.8, 4) is 10.7 Å². The van der Waals surface area contributed by atoms with Gasteiger partial charge in [0.15, 0.2) is 11.0 Å². The first-order valence-corrected chi connectivity index (χ1v) is 9.28. The van der Waals surface area contributed by atoms with Crippen LogP contribution in [0.4, 0.5) is 0 Å². The van der Waals surface area contributed by atoms with E-state index in [0.29, 0.717) is 17.5 Å². The number of hydrogen-bond donors (Lipinski definition) is 0. The van der Waals surface area contributed by atoms with Crippen LogP contribution in [0.25, 0.3) is 10.7 Å². The molecule has 0 unspecified atom stereocenters. The summed E-state index contributed by atoms with van der Waals surface area (Å²) in [6.07, 6.45) is 0. The van der Waals surface area contributed by atoms with E-state index in [1.807, 2.05) is 11.4 Å². The third-order valence-corrected chi connectivity index (χ3v) is 5.03. The van der Waals surface area contributed by atoms with Crippen molar-refractivity contribution in [3.63, 3.8) is 0 Å². The second-order valence-corrected chi connectivity index (χ2v) is 7.96. The van der Waals surface area contributed by atoms with Crippen molar-refractivity contribution in [2.45, 2.75) is 50.6 Å². The van der Waals surface area contributed by atoms with Crippen LogP contribution in [0.3, 0.4) is 0 Å². The summed E-state index contributed by atoms with van der Waals surface area (Å²) in [4.78, 5) is 1.12. The van der Waals surface area contributed by atoms with E-state index >= 15 is 0 Å². The minimum atomic E-state index is -0.133. The lowest BCUT2D eigenvalue weighted by molar-refractivity contribution is 0.378. The molecule has 0 aliphatic carbocycles. The van der Waals surface area contributed by atoms with E-state index in [1.165, 1.54) is 0 Å². The Labute approximate surface area is 143 Å². The molecule has 0 saturated carbocycles. The van der Waals surface area contributed by atoms with Gasteiger partial charge in [0.25, 0.3) is 0 Å². The Balaban J connectivity index is 1.75. The van der Waals surface area contributed by atoms with Gasteiger partial charge in [-0.3, -0.25) is 0 Å². The monoisotopic (exact) mass is 349 g/mol. The van der Waals surface area contributed by atoms with Crippen LogP contribution >= 0.6 is 23.1 Å². The fourth-order valence-electron chi connectivity index (χ4n) is 2.01. The lowest BCUT2D eigenvalue weighted by Gasteiger charge is -2.10. The maximum atomic E-state index is 5.72.